The standard InChI is InChI=1S/C4H10O2.Al.O/c1-4(2,3)6-5;;/h5H,1-3H3;;/q;+1;/p-1. The zero-order valence-corrected chi connectivity index (χ0v) is 6.46. The third-order valence-electron chi connectivity index (χ3n) is 0.337. The molecule has 0 aliphatic rings. The van der Waals surface area contributed by atoms with Gasteiger partial charge >= 0.3 is 54.5 Å². The fourth-order valence-corrected chi connectivity index (χ4v) is 0.492. The summed E-state index contributed by atoms with van der Waals surface area (Å²) >= 11 is -1.24. The summed E-state index contributed by atoms with van der Waals surface area (Å²) in [5.41, 5.74) is -0.350. The van der Waals surface area contributed by atoms with Crippen LogP contribution in [0.4, 0.5) is 0 Å². The van der Waals surface area contributed by atoms with Crippen molar-refractivity contribution in [3.63, 3.8) is 0 Å². The Labute approximate surface area is 55.2 Å². The first kappa shape index (κ1) is 8.09. The molecule has 0 rings (SSSR count). The van der Waals surface area contributed by atoms with Crippen LogP contribution in [-0.4, -0.2) is 21.1 Å². The first-order valence-corrected chi connectivity index (χ1v) is 3.29. The Morgan fingerprint density at radius 1 is 1.38 bits per heavy atom. The van der Waals surface area contributed by atoms with E-state index < -0.39 is 15.5 Å². The Morgan fingerprint density at radius 2 is 1.88 bits per heavy atom. The monoisotopic (exact) mass is 132 g/mol. The van der Waals surface area contributed by atoms with Gasteiger partial charge in [0.05, 0.1) is 0 Å². The topological polar surface area (TPSA) is 35.5 Å². The van der Waals surface area contributed by atoms with Gasteiger partial charge in [0.2, 0.25) is 0 Å². The molecule has 0 bridgehead atoms. The van der Waals surface area contributed by atoms with Crippen molar-refractivity contribution in [3.05, 3.63) is 0 Å². The Kier molecular flexibility index (Phi) is 3.22. The number of hydrogen-bond acceptors (Lipinski definition) is 3. The minimum atomic E-state index is -1.24. The molecule has 46 valence electrons. The quantitative estimate of drug-likeness (QED) is 0.315. The summed E-state index contributed by atoms with van der Waals surface area (Å²) in [6, 6.07) is 0. The van der Waals surface area contributed by atoms with Gasteiger partial charge in [-0.25, -0.2) is 0 Å². The van der Waals surface area contributed by atoms with E-state index in [4.69, 9.17) is 0 Å². The minimum absolute atomic E-state index is 0.350. The van der Waals surface area contributed by atoms with Crippen LogP contribution in [0.15, 0.2) is 0 Å². The van der Waals surface area contributed by atoms with E-state index >= 15 is 0 Å². The molecule has 4 heteroatoms. The zero-order valence-electron chi connectivity index (χ0n) is 5.30. The second-order valence-corrected chi connectivity index (χ2v) is 2.77. The van der Waals surface area contributed by atoms with Crippen LogP contribution in [0.3, 0.4) is 0 Å². The van der Waals surface area contributed by atoms with Crippen LogP contribution in [-0.2, 0) is 12.6 Å². The van der Waals surface area contributed by atoms with Crippen LogP contribution in [0.5, 0.6) is 0 Å². The maximum atomic E-state index is 9.71. The van der Waals surface area contributed by atoms with E-state index in [1.807, 2.05) is 20.8 Å². The van der Waals surface area contributed by atoms with Crippen molar-refractivity contribution in [2.45, 2.75) is 26.4 Å². The Bertz CT molecular complexity index is 75.8. The van der Waals surface area contributed by atoms with Crippen molar-refractivity contribution < 1.29 is 12.6 Å². The second-order valence-electron chi connectivity index (χ2n) is 2.39. The van der Waals surface area contributed by atoms with Crippen LogP contribution in [0.2, 0.25) is 0 Å². The first-order chi connectivity index (χ1) is 3.56. The predicted octanol–water partition coefficient (Wildman–Crippen LogP) is 0.698. The van der Waals surface area contributed by atoms with Gasteiger partial charge in [0, 0.05) is 0 Å². The van der Waals surface area contributed by atoms with Crippen molar-refractivity contribution in [2.75, 3.05) is 0 Å². The summed E-state index contributed by atoms with van der Waals surface area (Å²) in [6.07, 6.45) is 0. The van der Waals surface area contributed by atoms with E-state index in [9.17, 15) is 3.80 Å². The Morgan fingerprint density at radius 3 is 2.00 bits per heavy atom. The SMILES string of the molecule is CC(C)(C)O[O][Al]=[O]. The van der Waals surface area contributed by atoms with Crippen LogP contribution in [0.1, 0.15) is 20.8 Å². The van der Waals surface area contributed by atoms with E-state index in [1.54, 1.807) is 0 Å². The Hall–Kier alpha value is 0.0925. The molecule has 3 nitrogen and oxygen atoms in total. The molecule has 0 radical (unpaired) electrons. The van der Waals surface area contributed by atoms with E-state index in [0.717, 1.165) is 0 Å². The molecule has 0 saturated heterocycles. The normalized spacial score (nSPS) is 10.4. The molecular weight excluding hydrogens is 123 g/mol. The summed E-state index contributed by atoms with van der Waals surface area (Å²) in [7, 11) is 0. The molecule has 0 aromatic rings. The summed E-state index contributed by atoms with van der Waals surface area (Å²) in [5.74, 6) is 0. The molecule has 0 amide bonds. The molecule has 0 atom stereocenters. The van der Waals surface area contributed by atoms with Gasteiger partial charge in [-0.2, -0.15) is 0 Å². The molecule has 0 spiro atoms. The zero-order chi connectivity index (χ0) is 6.62. The van der Waals surface area contributed by atoms with E-state index in [2.05, 4.69) is 8.83 Å². The number of hydrogen-bond donors (Lipinski definition) is 0. The molecule has 0 N–H and O–H groups in total. The van der Waals surface area contributed by atoms with Crippen molar-refractivity contribution >= 4 is 15.5 Å². The molecule has 8 heavy (non-hydrogen) atoms. The molecule has 0 fully saturated rings. The fraction of sp³-hybridized carbons (Fsp3) is 1.00. The van der Waals surface area contributed by atoms with E-state index in [0.29, 0.717) is 0 Å². The predicted molar refractivity (Wildman–Crippen MR) is 28.4 cm³/mol. The van der Waals surface area contributed by atoms with Crippen LogP contribution in [0, 0.1) is 0 Å². The molecule has 0 aromatic heterocycles. The van der Waals surface area contributed by atoms with E-state index in [-0.39, 0.29) is 5.60 Å². The van der Waals surface area contributed by atoms with Crippen LogP contribution < -0.4 is 0 Å². The molecule has 0 aromatic carbocycles. The van der Waals surface area contributed by atoms with Crippen LogP contribution >= 0.6 is 0 Å². The van der Waals surface area contributed by atoms with Gasteiger partial charge in [-0.3, -0.25) is 0 Å². The molecule has 0 heterocycles. The average molecular weight is 132 g/mol. The second kappa shape index (κ2) is 3.18. The average Bonchev–Trinajstić information content (AvgIpc) is 1.59. The van der Waals surface area contributed by atoms with Gasteiger partial charge in [0.15, 0.2) is 0 Å². The Balaban J connectivity index is 3.24. The summed E-state index contributed by atoms with van der Waals surface area (Å²) in [6.45, 7) is 5.46. The molecule has 0 aliphatic heterocycles. The van der Waals surface area contributed by atoms with Gasteiger partial charge in [-0.1, -0.05) is 0 Å². The van der Waals surface area contributed by atoms with Gasteiger partial charge in [-0.05, 0) is 0 Å². The fourth-order valence-electron chi connectivity index (χ4n) is 0.164. The molecule has 0 aliphatic carbocycles. The summed E-state index contributed by atoms with van der Waals surface area (Å²) < 4.78 is 13.9. The van der Waals surface area contributed by atoms with Crippen molar-refractivity contribution in [3.8, 4) is 0 Å². The van der Waals surface area contributed by atoms with Gasteiger partial charge in [-0.15, -0.1) is 0 Å². The summed E-state index contributed by atoms with van der Waals surface area (Å²) in [4.78, 5) is 4.60. The van der Waals surface area contributed by atoms with Gasteiger partial charge in [0.25, 0.3) is 0 Å². The van der Waals surface area contributed by atoms with E-state index in [1.165, 1.54) is 0 Å². The maximum absolute atomic E-state index is 9.71. The molecule has 0 unspecified atom stereocenters. The molecule has 0 saturated carbocycles. The van der Waals surface area contributed by atoms with Crippen molar-refractivity contribution in [2.24, 2.45) is 0 Å². The summed E-state index contributed by atoms with van der Waals surface area (Å²) in [5, 5.41) is 0. The van der Waals surface area contributed by atoms with Crippen LogP contribution in [0.25, 0.3) is 0 Å². The van der Waals surface area contributed by atoms with Gasteiger partial charge in [0.1, 0.15) is 0 Å². The third kappa shape index (κ3) is 6.09. The van der Waals surface area contributed by atoms with Crippen molar-refractivity contribution in [1.29, 1.82) is 0 Å². The third-order valence-corrected chi connectivity index (χ3v) is 0.512. The van der Waals surface area contributed by atoms with Gasteiger partial charge < -0.3 is 0 Å². The molecular formula is C4H9AlO3. The number of rotatable bonds is 2. The van der Waals surface area contributed by atoms with Crippen molar-refractivity contribution in [1.82, 2.24) is 0 Å². The first-order valence-electron chi connectivity index (χ1n) is 2.34.